The van der Waals surface area contributed by atoms with E-state index >= 15 is 0 Å². The zero-order valence-corrected chi connectivity index (χ0v) is 28.2. The summed E-state index contributed by atoms with van der Waals surface area (Å²) in [6.07, 6.45) is 11.1. The molecule has 0 saturated carbocycles. The lowest BCUT2D eigenvalue weighted by Crippen LogP contribution is -2.31. The molecule has 3 rings (SSSR count). The third kappa shape index (κ3) is 7.80. The van der Waals surface area contributed by atoms with E-state index in [1.807, 2.05) is 0 Å². The number of fused-ring (bicyclic) bond motifs is 1. The van der Waals surface area contributed by atoms with Gasteiger partial charge in [0.05, 0.1) is 5.69 Å². The van der Waals surface area contributed by atoms with Crippen molar-refractivity contribution in [2.24, 2.45) is 0 Å². The van der Waals surface area contributed by atoms with E-state index in [1.54, 1.807) is 11.3 Å². The van der Waals surface area contributed by atoms with Crippen molar-refractivity contribution < 1.29 is 4.79 Å². The average molecular weight is 596 g/mol. The molecule has 2 aromatic heterocycles. The van der Waals surface area contributed by atoms with Crippen LogP contribution in [-0.2, 0) is 5.41 Å². The van der Waals surface area contributed by atoms with Crippen molar-refractivity contribution in [2.75, 3.05) is 23.3 Å². The van der Waals surface area contributed by atoms with Crippen molar-refractivity contribution in [3.63, 3.8) is 0 Å². The number of hydrogen-bond donors (Lipinski definition) is 1. The van der Waals surface area contributed by atoms with E-state index in [2.05, 4.69) is 71.7 Å². The second kappa shape index (κ2) is 15.7. The van der Waals surface area contributed by atoms with Crippen molar-refractivity contribution in [3.8, 4) is 6.07 Å². The fourth-order valence-electron chi connectivity index (χ4n) is 5.45. The first-order valence-corrected chi connectivity index (χ1v) is 17.1. The van der Waals surface area contributed by atoms with Gasteiger partial charge in [-0.05, 0) is 44.1 Å². The largest absolute Gasteiger partial charge is 0.362 e. The van der Waals surface area contributed by atoms with Gasteiger partial charge < -0.3 is 10.2 Å². The minimum atomic E-state index is -0.414. The number of carbonyl (C=O) groups is 1. The average Bonchev–Trinajstić information content (AvgIpc) is 3.60. The number of unbranched alkanes of at least 4 members (excludes halogenated alkanes) is 4. The minimum Gasteiger partial charge on any atom is -0.362 e. The molecule has 0 fully saturated rings. The zero-order chi connectivity index (χ0) is 30.9. The number of nitrogens with zero attached hydrogens (tertiary/aromatic N) is 6. The molecular formula is C33H53N7OS. The molecule has 0 spiro atoms. The number of hydrogen-bond acceptors (Lipinski definition) is 8. The van der Waals surface area contributed by atoms with Gasteiger partial charge in [-0.1, -0.05) is 98.8 Å². The Bertz CT molecular complexity index is 1240. The van der Waals surface area contributed by atoms with Gasteiger partial charge in [-0.3, -0.25) is 4.79 Å². The summed E-state index contributed by atoms with van der Waals surface area (Å²) in [6.45, 7) is 19.5. The second-order valence-corrected chi connectivity index (χ2v) is 13.6. The van der Waals surface area contributed by atoms with Gasteiger partial charge in [-0.15, -0.1) is 5.10 Å². The van der Waals surface area contributed by atoms with Crippen LogP contribution < -0.4 is 10.2 Å². The maximum Gasteiger partial charge on any atom is 0.290 e. The molecule has 232 valence electrons. The first-order valence-electron chi connectivity index (χ1n) is 16.3. The lowest BCUT2D eigenvalue weighted by Gasteiger charge is -2.28. The van der Waals surface area contributed by atoms with Crippen molar-refractivity contribution in [1.82, 2.24) is 19.7 Å². The van der Waals surface area contributed by atoms with Crippen molar-refractivity contribution in [3.05, 3.63) is 28.5 Å². The molecule has 1 aliphatic rings. The standard InChI is InChI=1S/C33H53N7OS/c1-9-14-18-23(13-5)28-37-29-26(24(19-15-10-2)25(22-34)31(41)40(29)38-28)35-30-27(33(6,7)8)36-32(42-30)39(20-16-11-3)21-17-12-4/h23,26,35H,9-21H2,1-8H3. The van der Waals surface area contributed by atoms with E-state index in [1.165, 1.54) is 4.68 Å². The summed E-state index contributed by atoms with van der Waals surface area (Å²) in [5.74, 6) is 1.14. The van der Waals surface area contributed by atoms with Crippen LogP contribution >= 0.6 is 11.3 Å². The van der Waals surface area contributed by atoms with E-state index in [0.717, 1.165) is 98.7 Å². The number of carbonyl (C=O) groups excluding carboxylic acids is 1. The number of anilines is 2. The van der Waals surface area contributed by atoms with Crippen LogP contribution in [0.2, 0.25) is 0 Å². The normalized spacial score (nSPS) is 16.0. The monoisotopic (exact) mass is 595 g/mol. The number of rotatable bonds is 17. The van der Waals surface area contributed by atoms with Crippen LogP contribution in [0.5, 0.6) is 0 Å². The third-order valence-electron chi connectivity index (χ3n) is 8.09. The molecule has 0 radical (unpaired) electrons. The molecule has 0 saturated heterocycles. The van der Waals surface area contributed by atoms with Crippen LogP contribution in [-0.4, -0.2) is 38.7 Å². The number of nitrogens with one attached hydrogen (secondary N) is 1. The van der Waals surface area contributed by atoms with Gasteiger partial charge >= 0.3 is 0 Å². The molecular weight excluding hydrogens is 542 g/mol. The van der Waals surface area contributed by atoms with Crippen LogP contribution in [0.15, 0.2) is 11.1 Å². The lowest BCUT2D eigenvalue weighted by molar-refractivity contribution is 0.0932. The summed E-state index contributed by atoms with van der Waals surface area (Å²) in [5, 5.41) is 20.8. The van der Waals surface area contributed by atoms with E-state index in [-0.39, 0.29) is 22.8 Å². The van der Waals surface area contributed by atoms with Gasteiger partial charge in [-0.2, -0.15) is 9.94 Å². The summed E-state index contributed by atoms with van der Waals surface area (Å²) < 4.78 is 1.41. The van der Waals surface area contributed by atoms with Gasteiger partial charge in [0, 0.05) is 24.4 Å². The van der Waals surface area contributed by atoms with E-state index in [0.29, 0.717) is 18.1 Å². The molecule has 3 heterocycles. The summed E-state index contributed by atoms with van der Waals surface area (Å²) in [5.41, 5.74) is 1.83. The Kier molecular flexibility index (Phi) is 12.6. The molecule has 8 nitrogen and oxygen atoms in total. The minimum absolute atomic E-state index is 0.187. The van der Waals surface area contributed by atoms with Gasteiger partial charge in [-0.25, -0.2) is 9.97 Å². The number of thiazole rings is 1. The molecule has 0 amide bonds. The first kappa shape index (κ1) is 33.8. The predicted molar refractivity (Wildman–Crippen MR) is 175 cm³/mol. The summed E-state index contributed by atoms with van der Waals surface area (Å²) >= 11 is 1.68. The molecule has 9 heteroatoms. The maximum atomic E-state index is 13.6. The van der Waals surface area contributed by atoms with E-state index in [9.17, 15) is 10.1 Å². The number of allylic oxidation sites excluding steroid dienone is 1. The van der Waals surface area contributed by atoms with Crippen LogP contribution in [0.3, 0.4) is 0 Å². The van der Waals surface area contributed by atoms with Gasteiger partial charge in [0.25, 0.3) is 5.91 Å². The second-order valence-electron chi connectivity index (χ2n) is 12.6. The van der Waals surface area contributed by atoms with Crippen LogP contribution in [0.1, 0.15) is 160 Å². The van der Waals surface area contributed by atoms with Crippen molar-refractivity contribution in [2.45, 2.75) is 143 Å². The Labute approximate surface area is 258 Å². The SMILES string of the molecule is CCCCC1=C(C#N)C(=O)n2nc(C(CC)CCCC)nc2C1Nc1sc(N(CCCC)CCCC)nc1C(C)(C)C. The van der Waals surface area contributed by atoms with Crippen molar-refractivity contribution >= 4 is 27.4 Å². The number of aromatic nitrogens is 4. The van der Waals surface area contributed by atoms with Gasteiger partial charge in [0.15, 0.2) is 16.8 Å². The van der Waals surface area contributed by atoms with E-state index < -0.39 is 6.04 Å². The Morgan fingerprint density at radius 2 is 1.64 bits per heavy atom. The topological polar surface area (TPSA) is 99.7 Å². The van der Waals surface area contributed by atoms with Crippen LogP contribution in [0, 0.1) is 11.3 Å². The molecule has 2 unspecified atom stereocenters. The lowest BCUT2D eigenvalue weighted by atomic mass is 9.90. The first-order chi connectivity index (χ1) is 20.1. The molecule has 0 aliphatic carbocycles. The highest BCUT2D eigenvalue weighted by molar-refractivity contribution is 7.19. The molecule has 0 aromatic carbocycles. The zero-order valence-electron chi connectivity index (χ0n) is 27.3. The summed E-state index contributed by atoms with van der Waals surface area (Å²) in [6, 6.07) is 1.84. The quantitative estimate of drug-likeness (QED) is 0.195. The number of nitriles is 1. The summed E-state index contributed by atoms with van der Waals surface area (Å²) in [7, 11) is 0. The fourth-order valence-corrected chi connectivity index (χ4v) is 6.71. The van der Waals surface area contributed by atoms with Crippen molar-refractivity contribution in [1.29, 1.82) is 5.26 Å². The smallest absolute Gasteiger partial charge is 0.290 e. The van der Waals surface area contributed by atoms with Gasteiger partial charge in [0.2, 0.25) is 0 Å². The third-order valence-corrected chi connectivity index (χ3v) is 9.14. The Hall–Kier alpha value is -2.73. The molecule has 2 aromatic rings. The molecule has 1 N–H and O–H groups in total. The molecule has 0 bridgehead atoms. The maximum absolute atomic E-state index is 13.6. The molecule has 2 atom stereocenters. The van der Waals surface area contributed by atoms with Crippen LogP contribution in [0.25, 0.3) is 0 Å². The highest BCUT2D eigenvalue weighted by Crippen LogP contribution is 2.43. The fraction of sp³-hybridized carbons (Fsp3) is 0.727. The van der Waals surface area contributed by atoms with Gasteiger partial charge in [0.1, 0.15) is 22.7 Å². The Morgan fingerprint density at radius 1 is 1.00 bits per heavy atom. The highest BCUT2D eigenvalue weighted by Gasteiger charge is 2.38. The molecule has 1 aliphatic heterocycles. The highest BCUT2D eigenvalue weighted by atomic mass is 32.1. The molecule has 42 heavy (non-hydrogen) atoms. The van der Waals surface area contributed by atoms with Crippen LogP contribution in [0.4, 0.5) is 10.1 Å². The Balaban J connectivity index is 2.15. The van der Waals surface area contributed by atoms with E-state index in [4.69, 9.17) is 15.1 Å². The predicted octanol–water partition coefficient (Wildman–Crippen LogP) is 8.94. The Morgan fingerprint density at radius 3 is 2.19 bits per heavy atom. The summed E-state index contributed by atoms with van der Waals surface area (Å²) in [4.78, 5) is 26.3.